The Bertz CT molecular complexity index is 849. The molecule has 0 aliphatic carbocycles. The maximum absolute atomic E-state index is 12.4. The maximum atomic E-state index is 12.4. The number of hydrogen-bond acceptors (Lipinski definition) is 4. The van der Waals surface area contributed by atoms with Gasteiger partial charge in [0.2, 0.25) is 0 Å². The minimum atomic E-state index is -0.0245. The van der Waals surface area contributed by atoms with Crippen LogP contribution in [-0.2, 0) is 13.1 Å². The molecule has 0 bridgehead atoms. The topological polar surface area (TPSA) is 45.2 Å². The third kappa shape index (κ3) is 4.11. The summed E-state index contributed by atoms with van der Waals surface area (Å²) in [5, 5.41) is 4.04. The molecule has 4 nitrogen and oxygen atoms in total. The fourth-order valence-electron chi connectivity index (χ4n) is 3.40. The van der Waals surface area contributed by atoms with Crippen molar-refractivity contribution >= 4 is 27.3 Å². The molecule has 3 heterocycles. The predicted molar refractivity (Wildman–Crippen MR) is 106 cm³/mol. The number of aromatic nitrogens is 1. The van der Waals surface area contributed by atoms with Crippen LogP contribution in [0.5, 0.6) is 0 Å². The van der Waals surface area contributed by atoms with E-state index in [9.17, 15) is 4.79 Å². The van der Waals surface area contributed by atoms with E-state index < -0.39 is 0 Å². The first-order chi connectivity index (χ1) is 12.8. The van der Waals surface area contributed by atoms with Crippen molar-refractivity contribution in [1.82, 2.24) is 15.2 Å². The largest absolute Gasteiger partial charge is 0.347 e. The zero-order valence-corrected chi connectivity index (χ0v) is 15.6. The van der Waals surface area contributed by atoms with E-state index in [1.54, 1.807) is 12.4 Å². The number of nitrogens with one attached hydrogen (secondary N) is 1. The molecule has 1 saturated heterocycles. The fraction of sp³-hybridized carbons (Fsp3) is 0.333. The van der Waals surface area contributed by atoms with Crippen LogP contribution < -0.4 is 5.32 Å². The van der Waals surface area contributed by atoms with Crippen molar-refractivity contribution in [3.63, 3.8) is 0 Å². The second kappa shape index (κ2) is 7.98. The minimum Gasteiger partial charge on any atom is -0.347 e. The molecule has 0 atom stereocenters. The standard InChI is InChI=1S/C21H23N3OS/c25-21(20-12-18-14-22-9-8-19(18)26-20)23-13-16-4-6-17(7-5-16)15-24-10-2-1-3-11-24/h4-9,12,14H,1-3,10-11,13,15H2,(H,23,25). The Morgan fingerprint density at radius 2 is 1.85 bits per heavy atom. The number of carbonyl (C=O) groups is 1. The number of nitrogens with zero attached hydrogens (tertiary/aromatic N) is 2. The summed E-state index contributed by atoms with van der Waals surface area (Å²) >= 11 is 1.50. The van der Waals surface area contributed by atoms with Gasteiger partial charge in [0.25, 0.3) is 5.91 Å². The number of likely N-dealkylation sites (tertiary alicyclic amines) is 1. The van der Waals surface area contributed by atoms with Gasteiger partial charge in [0.05, 0.1) is 4.88 Å². The summed E-state index contributed by atoms with van der Waals surface area (Å²) < 4.78 is 1.09. The predicted octanol–water partition coefficient (Wildman–Crippen LogP) is 4.21. The van der Waals surface area contributed by atoms with Crippen molar-refractivity contribution < 1.29 is 4.79 Å². The van der Waals surface area contributed by atoms with Crippen molar-refractivity contribution in [1.29, 1.82) is 0 Å². The van der Waals surface area contributed by atoms with Gasteiger partial charge in [-0.05, 0) is 49.2 Å². The number of fused-ring (bicyclic) bond motifs is 1. The van der Waals surface area contributed by atoms with Gasteiger partial charge in [0.1, 0.15) is 0 Å². The van der Waals surface area contributed by atoms with Crippen LogP contribution in [0.4, 0.5) is 0 Å². The fourth-order valence-corrected chi connectivity index (χ4v) is 4.35. The van der Waals surface area contributed by atoms with Gasteiger partial charge in [-0.3, -0.25) is 14.7 Å². The summed E-state index contributed by atoms with van der Waals surface area (Å²) in [6.45, 7) is 4.00. The summed E-state index contributed by atoms with van der Waals surface area (Å²) in [4.78, 5) is 19.7. The van der Waals surface area contributed by atoms with Gasteiger partial charge in [-0.1, -0.05) is 30.7 Å². The molecule has 4 rings (SSSR count). The monoisotopic (exact) mass is 365 g/mol. The number of rotatable bonds is 5. The van der Waals surface area contributed by atoms with Crippen LogP contribution in [-0.4, -0.2) is 28.9 Å². The molecular weight excluding hydrogens is 342 g/mol. The Morgan fingerprint density at radius 3 is 2.62 bits per heavy atom. The smallest absolute Gasteiger partial charge is 0.261 e. The third-order valence-electron chi connectivity index (χ3n) is 4.87. The lowest BCUT2D eigenvalue weighted by molar-refractivity contribution is 0.0955. The van der Waals surface area contributed by atoms with Gasteiger partial charge in [-0.25, -0.2) is 0 Å². The summed E-state index contributed by atoms with van der Waals surface area (Å²) in [6.07, 6.45) is 7.55. The molecule has 1 aliphatic heterocycles. The van der Waals surface area contributed by atoms with E-state index in [0.29, 0.717) is 6.54 Å². The van der Waals surface area contributed by atoms with Crippen LogP contribution in [0.2, 0.25) is 0 Å². The first-order valence-electron chi connectivity index (χ1n) is 9.20. The number of carbonyl (C=O) groups excluding carboxylic acids is 1. The molecular formula is C21H23N3OS. The average Bonchev–Trinajstić information content (AvgIpc) is 3.12. The first-order valence-corrected chi connectivity index (χ1v) is 10.0. The maximum Gasteiger partial charge on any atom is 0.261 e. The van der Waals surface area contributed by atoms with E-state index in [2.05, 4.69) is 39.5 Å². The van der Waals surface area contributed by atoms with Gasteiger partial charge in [0, 0.05) is 35.6 Å². The van der Waals surface area contributed by atoms with Crippen LogP contribution in [0.15, 0.2) is 48.8 Å². The number of hydrogen-bond donors (Lipinski definition) is 1. The van der Waals surface area contributed by atoms with Gasteiger partial charge in [-0.2, -0.15) is 0 Å². The molecule has 1 N–H and O–H groups in total. The van der Waals surface area contributed by atoms with Crippen molar-refractivity contribution in [2.24, 2.45) is 0 Å². The van der Waals surface area contributed by atoms with Crippen LogP contribution in [0.3, 0.4) is 0 Å². The number of benzene rings is 1. The Kier molecular flexibility index (Phi) is 5.27. The summed E-state index contributed by atoms with van der Waals surface area (Å²) in [5.74, 6) is -0.0245. The highest BCUT2D eigenvalue weighted by atomic mass is 32.1. The molecule has 1 aliphatic rings. The van der Waals surface area contributed by atoms with Crippen molar-refractivity contribution in [3.05, 3.63) is 64.8 Å². The zero-order valence-electron chi connectivity index (χ0n) is 14.8. The van der Waals surface area contributed by atoms with Crippen molar-refractivity contribution in [3.8, 4) is 0 Å². The van der Waals surface area contributed by atoms with E-state index in [4.69, 9.17) is 0 Å². The zero-order chi connectivity index (χ0) is 17.8. The highest BCUT2D eigenvalue weighted by molar-refractivity contribution is 7.20. The highest BCUT2D eigenvalue weighted by Crippen LogP contribution is 2.24. The Morgan fingerprint density at radius 1 is 1.08 bits per heavy atom. The summed E-state index contributed by atoms with van der Waals surface area (Å²) in [7, 11) is 0. The molecule has 1 aromatic carbocycles. The molecule has 0 spiro atoms. The molecule has 2 aromatic heterocycles. The second-order valence-electron chi connectivity index (χ2n) is 6.86. The van der Waals surface area contributed by atoms with Crippen molar-refractivity contribution in [2.75, 3.05) is 13.1 Å². The molecule has 3 aromatic rings. The van der Waals surface area contributed by atoms with E-state index in [0.717, 1.165) is 27.1 Å². The molecule has 0 unspecified atom stereocenters. The number of thiophene rings is 1. The average molecular weight is 366 g/mol. The van der Waals surface area contributed by atoms with Crippen LogP contribution >= 0.6 is 11.3 Å². The summed E-state index contributed by atoms with van der Waals surface area (Å²) in [5.41, 5.74) is 2.47. The molecule has 1 amide bonds. The Balaban J connectivity index is 1.33. The lowest BCUT2D eigenvalue weighted by atomic mass is 10.1. The van der Waals surface area contributed by atoms with Gasteiger partial charge < -0.3 is 5.32 Å². The molecule has 1 fully saturated rings. The van der Waals surface area contributed by atoms with Gasteiger partial charge in [-0.15, -0.1) is 11.3 Å². The minimum absolute atomic E-state index is 0.0245. The van der Waals surface area contributed by atoms with E-state index in [1.165, 1.54) is 49.3 Å². The van der Waals surface area contributed by atoms with E-state index in [1.807, 2.05) is 12.1 Å². The third-order valence-corrected chi connectivity index (χ3v) is 5.99. The summed E-state index contributed by atoms with van der Waals surface area (Å²) in [6, 6.07) is 12.5. The lowest BCUT2D eigenvalue weighted by Gasteiger charge is -2.26. The SMILES string of the molecule is O=C(NCc1ccc(CN2CCCCC2)cc1)c1cc2cnccc2s1. The Hall–Kier alpha value is -2.24. The second-order valence-corrected chi connectivity index (χ2v) is 7.94. The van der Waals surface area contributed by atoms with Gasteiger partial charge >= 0.3 is 0 Å². The normalized spacial score (nSPS) is 15.2. The highest BCUT2D eigenvalue weighted by Gasteiger charge is 2.11. The number of amides is 1. The molecule has 0 saturated carbocycles. The first kappa shape index (κ1) is 17.2. The molecule has 0 radical (unpaired) electrons. The van der Waals surface area contributed by atoms with Gasteiger partial charge in [0.15, 0.2) is 0 Å². The van der Waals surface area contributed by atoms with Crippen LogP contribution in [0.1, 0.15) is 40.1 Å². The Labute approximate surface area is 157 Å². The molecule has 134 valence electrons. The molecule has 5 heteroatoms. The van der Waals surface area contributed by atoms with Crippen LogP contribution in [0.25, 0.3) is 10.1 Å². The van der Waals surface area contributed by atoms with E-state index in [-0.39, 0.29) is 5.91 Å². The lowest BCUT2D eigenvalue weighted by Crippen LogP contribution is -2.29. The quantitative estimate of drug-likeness (QED) is 0.737. The van der Waals surface area contributed by atoms with E-state index >= 15 is 0 Å². The number of pyridine rings is 1. The molecule has 26 heavy (non-hydrogen) atoms. The number of piperidine rings is 1. The van der Waals surface area contributed by atoms with Crippen LogP contribution in [0, 0.1) is 0 Å². The van der Waals surface area contributed by atoms with Crippen molar-refractivity contribution in [2.45, 2.75) is 32.4 Å².